The van der Waals surface area contributed by atoms with E-state index in [1.165, 1.54) is 12.8 Å². The number of amidine groups is 1. The van der Waals surface area contributed by atoms with Gasteiger partial charge in [0, 0.05) is 22.9 Å². The van der Waals surface area contributed by atoms with Crippen LogP contribution in [0.4, 0.5) is 5.69 Å². The van der Waals surface area contributed by atoms with Gasteiger partial charge in [0.25, 0.3) is 0 Å². The third-order valence-corrected chi connectivity index (χ3v) is 5.47. The molecule has 164 valence electrons. The van der Waals surface area contributed by atoms with E-state index in [1.54, 1.807) is 12.4 Å². The molecule has 3 aromatic rings. The van der Waals surface area contributed by atoms with Gasteiger partial charge in [-0.15, -0.1) is 0 Å². The summed E-state index contributed by atoms with van der Waals surface area (Å²) in [6.07, 6.45) is 5.72. The molecule has 1 atom stereocenters. The maximum atomic E-state index is 10.9. The molecule has 1 N–H and O–H groups in total. The monoisotopic (exact) mass is 427 g/mol. The molecule has 1 aliphatic rings. The molecule has 0 spiro atoms. The van der Waals surface area contributed by atoms with Crippen LogP contribution in [0.1, 0.15) is 49.9 Å². The topological polar surface area (TPSA) is 57.4 Å². The van der Waals surface area contributed by atoms with Gasteiger partial charge in [0.05, 0.1) is 6.61 Å². The van der Waals surface area contributed by atoms with Crippen molar-refractivity contribution in [1.29, 1.82) is 0 Å². The number of aromatic hydroxyl groups is 1. The average molecular weight is 428 g/mol. The van der Waals surface area contributed by atoms with E-state index in [0.717, 1.165) is 29.9 Å². The third kappa shape index (κ3) is 4.99. The van der Waals surface area contributed by atoms with Crippen molar-refractivity contribution < 1.29 is 9.84 Å². The lowest BCUT2D eigenvalue weighted by Crippen LogP contribution is -2.37. The summed E-state index contributed by atoms with van der Waals surface area (Å²) in [6.45, 7) is 2.85. The Morgan fingerprint density at radius 3 is 2.38 bits per heavy atom. The predicted molar refractivity (Wildman–Crippen MR) is 131 cm³/mol. The maximum Gasteiger partial charge on any atom is 0.157 e. The Morgan fingerprint density at radius 2 is 1.66 bits per heavy atom. The zero-order chi connectivity index (χ0) is 22.2. The first-order chi connectivity index (χ1) is 15.8. The van der Waals surface area contributed by atoms with Crippen molar-refractivity contribution >= 4 is 17.9 Å². The van der Waals surface area contributed by atoms with Crippen molar-refractivity contribution in [2.75, 3.05) is 11.5 Å². The minimum atomic E-state index is -0.441. The van der Waals surface area contributed by atoms with Gasteiger partial charge in [0.15, 0.2) is 6.17 Å². The van der Waals surface area contributed by atoms with Crippen LogP contribution in [0.5, 0.6) is 11.5 Å². The van der Waals surface area contributed by atoms with Crippen LogP contribution in [0.2, 0.25) is 0 Å². The molecule has 0 aliphatic carbocycles. The van der Waals surface area contributed by atoms with Crippen LogP contribution in [-0.2, 0) is 0 Å². The highest BCUT2D eigenvalue weighted by Crippen LogP contribution is 2.37. The number of ether oxygens (including phenoxy) is 1. The summed E-state index contributed by atoms with van der Waals surface area (Å²) in [6, 6.07) is 25.5. The number of hydrogen-bond acceptors (Lipinski definition) is 5. The molecule has 0 saturated heterocycles. The highest BCUT2D eigenvalue weighted by Gasteiger charge is 2.29. The van der Waals surface area contributed by atoms with Crippen molar-refractivity contribution in [3.8, 4) is 11.5 Å². The van der Waals surface area contributed by atoms with Gasteiger partial charge in [-0.3, -0.25) is 4.90 Å². The van der Waals surface area contributed by atoms with Crippen LogP contribution in [-0.4, -0.2) is 23.9 Å². The van der Waals surface area contributed by atoms with Gasteiger partial charge in [0.2, 0.25) is 0 Å². The number of phenols is 1. The SMILES string of the molecule is CCCCCCOc1ccc(C2N=CN=C(c3ccccc3)N2c2ccccc2)c(O)c1. The van der Waals surface area contributed by atoms with E-state index < -0.39 is 6.17 Å². The molecular weight excluding hydrogens is 398 g/mol. The largest absolute Gasteiger partial charge is 0.507 e. The van der Waals surface area contributed by atoms with Gasteiger partial charge in [-0.25, -0.2) is 9.98 Å². The lowest BCUT2D eigenvalue weighted by atomic mass is 10.1. The summed E-state index contributed by atoms with van der Waals surface area (Å²) in [5.41, 5.74) is 2.64. The summed E-state index contributed by atoms with van der Waals surface area (Å²) in [5, 5.41) is 10.9. The summed E-state index contributed by atoms with van der Waals surface area (Å²) in [5.74, 6) is 1.62. The molecule has 3 aromatic carbocycles. The van der Waals surface area contributed by atoms with Gasteiger partial charge < -0.3 is 9.84 Å². The predicted octanol–water partition coefficient (Wildman–Crippen LogP) is 6.35. The van der Waals surface area contributed by atoms with Gasteiger partial charge in [-0.05, 0) is 30.7 Å². The number of benzene rings is 3. The van der Waals surface area contributed by atoms with Crippen LogP contribution < -0.4 is 9.64 Å². The van der Waals surface area contributed by atoms with Gasteiger partial charge >= 0.3 is 0 Å². The lowest BCUT2D eigenvalue weighted by Gasteiger charge is -2.34. The Bertz CT molecular complexity index is 1060. The molecule has 0 radical (unpaired) electrons. The van der Waals surface area contributed by atoms with E-state index in [0.29, 0.717) is 17.9 Å². The Labute approximate surface area is 189 Å². The minimum absolute atomic E-state index is 0.161. The van der Waals surface area contributed by atoms with Crippen LogP contribution in [0.25, 0.3) is 0 Å². The fourth-order valence-corrected chi connectivity index (χ4v) is 3.82. The fourth-order valence-electron chi connectivity index (χ4n) is 3.82. The molecule has 5 heteroatoms. The van der Waals surface area contributed by atoms with Crippen LogP contribution in [0.3, 0.4) is 0 Å². The Hall–Kier alpha value is -3.60. The standard InChI is InChI=1S/C27H29N3O2/c1-2-3-4-11-18-32-23-16-17-24(25(31)19-23)27-29-20-28-26(21-12-7-5-8-13-21)30(27)22-14-9-6-10-15-22/h5-10,12-17,19-20,27,31H,2-4,11,18H2,1H3. The number of rotatable bonds is 9. The molecule has 4 rings (SSSR count). The average Bonchev–Trinajstić information content (AvgIpc) is 2.85. The van der Waals surface area contributed by atoms with Crippen molar-refractivity contribution in [2.45, 2.75) is 38.8 Å². The number of aliphatic imine (C=N–C) groups is 2. The first kappa shape index (κ1) is 21.6. The first-order valence-electron chi connectivity index (χ1n) is 11.2. The van der Waals surface area contributed by atoms with E-state index in [2.05, 4.69) is 21.8 Å². The quantitative estimate of drug-likeness (QED) is 0.405. The third-order valence-electron chi connectivity index (χ3n) is 5.47. The number of phenolic OH excluding ortho intramolecular Hbond substituents is 1. The summed E-state index contributed by atoms with van der Waals surface area (Å²) in [7, 11) is 0. The second-order valence-electron chi connectivity index (χ2n) is 7.79. The van der Waals surface area contributed by atoms with E-state index in [4.69, 9.17) is 4.74 Å². The zero-order valence-corrected chi connectivity index (χ0v) is 18.4. The molecule has 32 heavy (non-hydrogen) atoms. The second-order valence-corrected chi connectivity index (χ2v) is 7.79. The van der Waals surface area contributed by atoms with Crippen LogP contribution >= 0.6 is 0 Å². The van der Waals surface area contributed by atoms with Crippen molar-refractivity contribution in [1.82, 2.24) is 0 Å². The Morgan fingerprint density at radius 1 is 0.906 bits per heavy atom. The molecule has 1 unspecified atom stereocenters. The molecule has 5 nitrogen and oxygen atoms in total. The van der Waals surface area contributed by atoms with E-state index in [9.17, 15) is 5.11 Å². The number of anilines is 1. The molecule has 0 saturated carbocycles. The van der Waals surface area contributed by atoms with Crippen LogP contribution in [0, 0.1) is 0 Å². The molecule has 0 aromatic heterocycles. The fraction of sp³-hybridized carbons (Fsp3) is 0.259. The van der Waals surface area contributed by atoms with Crippen molar-refractivity contribution in [2.24, 2.45) is 9.98 Å². The molecule has 0 fully saturated rings. The summed E-state index contributed by atoms with van der Waals surface area (Å²) >= 11 is 0. The van der Waals surface area contributed by atoms with Crippen molar-refractivity contribution in [3.63, 3.8) is 0 Å². The van der Waals surface area contributed by atoms with Crippen LogP contribution in [0.15, 0.2) is 88.8 Å². The maximum absolute atomic E-state index is 10.9. The molecule has 0 bridgehead atoms. The minimum Gasteiger partial charge on any atom is -0.507 e. The van der Waals surface area contributed by atoms with Gasteiger partial charge in [0.1, 0.15) is 23.7 Å². The number of para-hydroxylation sites is 1. The van der Waals surface area contributed by atoms with E-state index >= 15 is 0 Å². The van der Waals surface area contributed by atoms with Crippen molar-refractivity contribution in [3.05, 3.63) is 90.0 Å². The second kappa shape index (κ2) is 10.6. The van der Waals surface area contributed by atoms with Gasteiger partial charge in [-0.1, -0.05) is 74.7 Å². The molecule has 1 heterocycles. The molecule has 0 amide bonds. The highest BCUT2D eigenvalue weighted by atomic mass is 16.5. The smallest absolute Gasteiger partial charge is 0.157 e. The number of hydrogen-bond donors (Lipinski definition) is 1. The normalized spacial score (nSPS) is 15.5. The first-order valence-corrected chi connectivity index (χ1v) is 11.2. The number of unbranched alkanes of at least 4 members (excludes halogenated alkanes) is 3. The molecule has 1 aliphatic heterocycles. The summed E-state index contributed by atoms with van der Waals surface area (Å²) in [4.78, 5) is 11.3. The van der Waals surface area contributed by atoms with E-state index in [-0.39, 0.29) is 5.75 Å². The molecular formula is C27H29N3O2. The summed E-state index contributed by atoms with van der Waals surface area (Å²) < 4.78 is 5.84. The van der Waals surface area contributed by atoms with Gasteiger partial charge in [-0.2, -0.15) is 0 Å². The lowest BCUT2D eigenvalue weighted by molar-refractivity contribution is 0.303. The number of nitrogens with zero attached hydrogens (tertiary/aromatic N) is 3. The zero-order valence-electron chi connectivity index (χ0n) is 18.4. The Balaban J connectivity index is 1.62. The Kier molecular flexibility index (Phi) is 7.18. The van der Waals surface area contributed by atoms with E-state index in [1.807, 2.05) is 72.8 Å². The highest BCUT2D eigenvalue weighted by molar-refractivity contribution is 6.13.